The molecule has 6 heteroatoms. The van der Waals surface area contributed by atoms with Gasteiger partial charge < -0.3 is 9.64 Å². The Labute approximate surface area is 198 Å². The van der Waals surface area contributed by atoms with Crippen LogP contribution in [0.3, 0.4) is 0 Å². The number of carbonyl (C=O) groups excluding carboxylic acids is 1. The van der Waals surface area contributed by atoms with E-state index in [0.29, 0.717) is 11.3 Å². The maximum absolute atomic E-state index is 14.6. The van der Waals surface area contributed by atoms with E-state index in [0.717, 1.165) is 38.8 Å². The number of methoxy groups -OCH3 is 1. The van der Waals surface area contributed by atoms with Crippen LogP contribution in [0.1, 0.15) is 65.9 Å². The van der Waals surface area contributed by atoms with Gasteiger partial charge in [-0.05, 0) is 54.6 Å². The predicted octanol–water partition coefficient (Wildman–Crippen LogP) is 6.35. The van der Waals surface area contributed by atoms with E-state index in [9.17, 15) is 9.18 Å². The van der Waals surface area contributed by atoms with Gasteiger partial charge in [0.15, 0.2) is 0 Å². The van der Waals surface area contributed by atoms with E-state index in [1.807, 2.05) is 17.0 Å². The molecule has 0 N–H and O–H groups in total. The van der Waals surface area contributed by atoms with Gasteiger partial charge in [-0.3, -0.25) is 4.79 Å². The minimum atomic E-state index is -0.451. The number of azo groups is 1. The van der Waals surface area contributed by atoms with Crippen molar-refractivity contribution in [2.45, 2.75) is 66.4 Å². The van der Waals surface area contributed by atoms with E-state index >= 15 is 0 Å². The molecule has 0 bridgehead atoms. The van der Waals surface area contributed by atoms with Gasteiger partial charge in [0.25, 0.3) is 0 Å². The fourth-order valence-electron chi connectivity index (χ4n) is 6.22. The molecule has 1 aromatic rings. The van der Waals surface area contributed by atoms with Gasteiger partial charge >= 0.3 is 0 Å². The minimum Gasteiger partial charge on any atom is -0.381 e. The second kappa shape index (κ2) is 9.65. The van der Waals surface area contributed by atoms with Crippen LogP contribution < -0.4 is 0 Å². The molecule has 1 amide bonds. The maximum Gasteiger partial charge on any atom is 0.229 e. The summed E-state index contributed by atoms with van der Waals surface area (Å²) >= 11 is 0. The molecule has 1 aliphatic heterocycles. The van der Waals surface area contributed by atoms with Gasteiger partial charge in [0, 0.05) is 32.8 Å². The highest BCUT2D eigenvalue weighted by Gasteiger charge is 2.59. The number of nitrogens with zero attached hydrogens (tertiary/aromatic N) is 3. The Kier molecular flexibility index (Phi) is 7.47. The molecule has 2 atom stereocenters. The summed E-state index contributed by atoms with van der Waals surface area (Å²) in [5.74, 6) is 0.174. The standard InChI is InChI=1S/C27H40FN3O2/c1-25(2,18-22(30-29-6)20-10-8-9-11-21(20)28)23-12-15-27(5,26(23,3)4)24(32)31-16-13-19(33-7)14-17-31/h8-11,18-19,23H,12-17H2,1-7H3/b22-18-,30-29-/t23-,27?/m0/s1. The lowest BCUT2D eigenvalue weighted by molar-refractivity contribution is -0.150. The molecule has 0 spiro atoms. The van der Waals surface area contributed by atoms with Crippen molar-refractivity contribution in [3.8, 4) is 0 Å². The summed E-state index contributed by atoms with van der Waals surface area (Å²) in [4.78, 5) is 15.8. The largest absolute Gasteiger partial charge is 0.381 e. The van der Waals surface area contributed by atoms with Crippen molar-refractivity contribution >= 4 is 11.6 Å². The van der Waals surface area contributed by atoms with Crippen LogP contribution in [0, 0.1) is 28.0 Å². The number of amides is 1. The van der Waals surface area contributed by atoms with Crippen LogP contribution in [0.4, 0.5) is 4.39 Å². The average molecular weight is 458 g/mol. The van der Waals surface area contributed by atoms with Gasteiger partial charge in [-0.25, -0.2) is 4.39 Å². The molecule has 0 aromatic heterocycles. The number of benzene rings is 1. The van der Waals surface area contributed by atoms with E-state index in [1.54, 1.807) is 26.3 Å². The van der Waals surface area contributed by atoms with Crippen molar-refractivity contribution in [1.29, 1.82) is 0 Å². The predicted molar refractivity (Wildman–Crippen MR) is 130 cm³/mol. The first kappa shape index (κ1) is 25.5. The summed E-state index contributed by atoms with van der Waals surface area (Å²) in [5, 5.41) is 8.23. The third kappa shape index (κ3) is 4.77. The Morgan fingerprint density at radius 1 is 1.18 bits per heavy atom. The number of hydrogen-bond donors (Lipinski definition) is 0. The van der Waals surface area contributed by atoms with Crippen molar-refractivity contribution in [1.82, 2.24) is 4.90 Å². The zero-order valence-electron chi connectivity index (χ0n) is 21.3. The fraction of sp³-hybridized carbons (Fsp3) is 0.667. The van der Waals surface area contributed by atoms with Gasteiger partial charge in [-0.15, -0.1) is 0 Å². The van der Waals surface area contributed by atoms with Crippen molar-refractivity contribution in [3.63, 3.8) is 0 Å². The van der Waals surface area contributed by atoms with Crippen molar-refractivity contribution in [2.75, 3.05) is 27.2 Å². The van der Waals surface area contributed by atoms with Crippen LogP contribution in [0.2, 0.25) is 0 Å². The second-order valence-corrected chi connectivity index (χ2v) is 11.0. The number of halogens is 1. The second-order valence-electron chi connectivity index (χ2n) is 11.0. The van der Waals surface area contributed by atoms with Crippen LogP contribution in [-0.4, -0.2) is 44.2 Å². The maximum atomic E-state index is 14.6. The molecule has 3 rings (SSSR count). The lowest BCUT2D eigenvalue weighted by atomic mass is 9.58. The first-order valence-electron chi connectivity index (χ1n) is 12.1. The molecule has 182 valence electrons. The summed E-state index contributed by atoms with van der Waals surface area (Å²) in [6.45, 7) is 12.4. The number of rotatable bonds is 6. The molecule has 1 aliphatic carbocycles. The highest BCUT2D eigenvalue weighted by molar-refractivity contribution is 5.84. The molecule has 5 nitrogen and oxygen atoms in total. The van der Waals surface area contributed by atoms with Crippen LogP contribution >= 0.6 is 0 Å². The fourth-order valence-corrected chi connectivity index (χ4v) is 6.22. The topological polar surface area (TPSA) is 54.3 Å². The molecule has 1 saturated carbocycles. The quantitative estimate of drug-likeness (QED) is 0.467. The van der Waals surface area contributed by atoms with E-state index in [2.05, 4.69) is 44.8 Å². The summed E-state index contributed by atoms with van der Waals surface area (Å²) < 4.78 is 20.0. The Bertz CT molecular complexity index is 916. The molecular weight excluding hydrogens is 417 g/mol. The molecule has 2 fully saturated rings. The van der Waals surface area contributed by atoms with Crippen LogP contribution in [0.25, 0.3) is 5.70 Å². The smallest absolute Gasteiger partial charge is 0.229 e. The molecule has 2 aliphatic rings. The first-order chi connectivity index (χ1) is 15.5. The van der Waals surface area contributed by atoms with Crippen molar-refractivity contribution in [3.05, 3.63) is 41.7 Å². The third-order valence-electron chi connectivity index (χ3n) is 8.53. The Morgan fingerprint density at radius 2 is 1.82 bits per heavy atom. The average Bonchev–Trinajstić information content (AvgIpc) is 3.03. The number of ether oxygens (including phenoxy) is 1. The zero-order valence-corrected chi connectivity index (χ0v) is 21.3. The lowest BCUT2D eigenvalue weighted by Gasteiger charge is -2.48. The third-order valence-corrected chi connectivity index (χ3v) is 8.53. The number of piperidine rings is 1. The van der Waals surface area contributed by atoms with Crippen LogP contribution in [-0.2, 0) is 9.53 Å². The molecule has 1 heterocycles. The molecular formula is C27H40FN3O2. The number of likely N-dealkylation sites (tertiary alicyclic amines) is 1. The normalized spacial score (nSPS) is 26.8. The van der Waals surface area contributed by atoms with Gasteiger partial charge in [0.1, 0.15) is 5.82 Å². The van der Waals surface area contributed by atoms with E-state index in [4.69, 9.17) is 4.74 Å². The van der Waals surface area contributed by atoms with Gasteiger partial charge in [0.05, 0.1) is 17.2 Å². The minimum absolute atomic E-state index is 0.226. The van der Waals surface area contributed by atoms with Gasteiger partial charge in [-0.2, -0.15) is 10.2 Å². The molecule has 0 radical (unpaired) electrons. The summed E-state index contributed by atoms with van der Waals surface area (Å²) in [7, 11) is 3.35. The Morgan fingerprint density at radius 3 is 2.39 bits per heavy atom. The summed E-state index contributed by atoms with van der Waals surface area (Å²) in [5.41, 5.74) is -0.0140. The van der Waals surface area contributed by atoms with Crippen molar-refractivity contribution < 1.29 is 13.9 Å². The molecule has 1 aromatic carbocycles. The monoisotopic (exact) mass is 457 g/mol. The Balaban J connectivity index is 1.89. The number of hydrogen-bond acceptors (Lipinski definition) is 4. The summed E-state index contributed by atoms with van der Waals surface area (Å²) in [6.07, 6.45) is 5.86. The lowest BCUT2D eigenvalue weighted by Crippen LogP contribution is -2.52. The van der Waals surface area contributed by atoms with Gasteiger partial charge in [0.2, 0.25) is 5.91 Å². The van der Waals surface area contributed by atoms with Crippen LogP contribution in [0.15, 0.2) is 40.6 Å². The molecule has 1 unspecified atom stereocenters. The summed E-state index contributed by atoms with van der Waals surface area (Å²) in [6, 6.07) is 6.68. The van der Waals surface area contributed by atoms with E-state index in [1.165, 1.54) is 6.07 Å². The first-order valence-corrected chi connectivity index (χ1v) is 12.1. The SMILES string of the molecule is C/N=N\C(=C/C(C)(C)[C@@H]1CCC(C)(C(=O)N2CCC(OC)CC2)C1(C)C)c1ccccc1F. The zero-order chi connectivity index (χ0) is 24.4. The highest BCUT2D eigenvalue weighted by atomic mass is 19.1. The number of allylic oxidation sites excluding steroid dienone is 1. The Hall–Kier alpha value is -2.08. The van der Waals surface area contributed by atoms with Gasteiger partial charge in [-0.1, -0.05) is 52.8 Å². The van der Waals surface area contributed by atoms with E-state index in [-0.39, 0.29) is 34.6 Å². The molecule has 33 heavy (non-hydrogen) atoms. The molecule has 1 saturated heterocycles. The van der Waals surface area contributed by atoms with Crippen LogP contribution in [0.5, 0.6) is 0 Å². The van der Waals surface area contributed by atoms with Crippen molar-refractivity contribution in [2.24, 2.45) is 32.4 Å². The number of carbonyl (C=O) groups is 1. The van der Waals surface area contributed by atoms with E-state index < -0.39 is 5.41 Å². The highest BCUT2D eigenvalue weighted by Crippen LogP contribution is 2.62.